The van der Waals surface area contributed by atoms with Crippen molar-refractivity contribution in [3.8, 4) is 0 Å². The second-order valence-electron chi connectivity index (χ2n) is 12.2. The van der Waals surface area contributed by atoms with Crippen molar-refractivity contribution in [2.45, 2.75) is 162 Å². The molecule has 0 aliphatic rings. The number of nitrogens with zero attached hydrogens (tertiary/aromatic N) is 1. The quantitative estimate of drug-likeness (QED) is 0.0798. The normalized spacial score (nSPS) is 11.8. The predicted molar refractivity (Wildman–Crippen MR) is 172 cm³/mol. The van der Waals surface area contributed by atoms with Gasteiger partial charge in [-0.15, -0.1) is 0 Å². The van der Waals surface area contributed by atoms with Gasteiger partial charge in [0, 0.05) is 31.8 Å². The van der Waals surface area contributed by atoms with Crippen molar-refractivity contribution in [3.63, 3.8) is 0 Å². The molecule has 0 radical (unpaired) electrons. The van der Waals surface area contributed by atoms with Crippen molar-refractivity contribution >= 4 is 17.8 Å². The Morgan fingerprint density at radius 2 is 1.26 bits per heavy atom. The van der Waals surface area contributed by atoms with E-state index in [2.05, 4.69) is 36.4 Å². The van der Waals surface area contributed by atoms with Crippen LogP contribution in [-0.2, 0) is 25.7 Å². The zero-order chi connectivity index (χ0) is 30.7. The number of rotatable bonds is 27. The minimum Gasteiger partial charge on any atom is -0.461 e. The number of hydrogen-bond donors (Lipinski definition) is 2. The first-order valence-corrected chi connectivity index (χ1v) is 17.0. The molecule has 0 aromatic carbocycles. The first kappa shape index (κ1) is 37.6. The lowest BCUT2D eigenvalue weighted by Crippen LogP contribution is -2.47. The molecule has 2 amide bonds. The molecule has 0 aliphatic carbocycles. The zero-order valence-electron chi connectivity index (χ0n) is 27.1. The summed E-state index contributed by atoms with van der Waals surface area (Å²) >= 11 is 0. The second-order valence-corrected chi connectivity index (χ2v) is 12.2. The Balaban J connectivity index is 2.03. The molecule has 1 unspecified atom stereocenters. The molecule has 0 fully saturated rings. The van der Waals surface area contributed by atoms with Crippen molar-refractivity contribution in [2.75, 3.05) is 6.54 Å². The van der Waals surface area contributed by atoms with Gasteiger partial charge in [0.2, 0.25) is 11.8 Å². The van der Waals surface area contributed by atoms with Gasteiger partial charge in [-0.3, -0.25) is 19.4 Å². The summed E-state index contributed by atoms with van der Waals surface area (Å²) in [4.78, 5) is 41.1. The molecule has 0 saturated heterocycles. The van der Waals surface area contributed by atoms with Crippen LogP contribution in [0.5, 0.6) is 0 Å². The number of ether oxygens (including phenoxy) is 1. The van der Waals surface area contributed by atoms with E-state index in [4.69, 9.17) is 4.74 Å². The first-order valence-electron chi connectivity index (χ1n) is 17.0. The number of carbonyl (C=O) groups is 3. The lowest BCUT2D eigenvalue weighted by atomic mass is 10.0. The highest BCUT2D eigenvalue weighted by molar-refractivity contribution is 5.87. The number of amides is 2. The number of hydrogen-bond acceptors (Lipinski definition) is 5. The van der Waals surface area contributed by atoms with Gasteiger partial charge in [0.15, 0.2) is 0 Å². The van der Waals surface area contributed by atoms with E-state index < -0.39 is 6.04 Å². The third-order valence-electron chi connectivity index (χ3n) is 7.62. The van der Waals surface area contributed by atoms with Crippen molar-refractivity contribution in [1.82, 2.24) is 15.6 Å². The maximum atomic E-state index is 12.8. The fourth-order valence-electron chi connectivity index (χ4n) is 5.07. The number of esters is 1. The molecule has 0 spiro atoms. The second kappa shape index (κ2) is 26.2. The molecule has 240 valence electrons. The van der Waals surface area contributed by atoms with Crippen LogP contribution >= 0.6 is 0 Å². The largest absolute Gasteiger partial charge is 0.461 e. The Labute approximate surface area is 256 Å². The minimum absolute atomic E-state index is 0.000547. The fourth-order valence-corrected chi connectivity index (χ4v) is 5.07. The summed E-state index contributed by atoms with van der Waals surface area (Å²) in [6.45, 7) is 7.38. The van der Waals surface area contributed by atoms with Gasteiger partial charge >= 0.3 is 5.97 Å². The van der Waals surface area contributed by atoms with E-state index in [1.165, 1.54) is 57.8 Å². The van der Waals surface area contributed by atoms with Crippen LogP contribution in [0.3, 0.4) is 0 Å². The number of nitrogens with one attached hydrogen (secondary N) is 2. The maximum Gasteiger partial charge on any atom is 0.306 e. The average Bonchev–Trinajstić information content (AvgIpc) is 2.97. The summed E-state index contributed by atoms with van der Waals surface area (Å²) in [5, 5.41) is 6.05. The Morgan fingerprint density at radius 1 is 0.738 bits per heavy atom. The van der Waals surface area contributed by atoms with Gasteiger partial charge in [-0.1, -0.05) is 111 Å². The SMILES string of the molecule is CCCCCCCCCCCC(=O)NC(CC(C)C)C(=O)NCCCCCCCCCCC(=O)OCc1ccncc1. The van der Waals surface area contributed by atoms with Gasteiger partial charge in [0.25, 0.3) is 0 Å². The standard InChI is InChI=1S/C35H61N3O4/c1-4-5-6-7-8-9-12-15-18-21-33(39)38-32(28-30(2)3)35(41)37-25-20-17-14-11-10-13-16-19-22-34(40)42-29-31-23-26-36-27-24-31/h23-24,26-27,30,32H,4-22,25,28-29H2,1-3H3,(H,37,41)(H,38,39). The third kappa shape index (κ3) is 22.2. The number of unbranched alkanes of at least 4 members (excludes halogenated alkanes) is 15. The van der Waals surface area contributed by atoms with Crippen LogP contribution in [0.25, 0.3) is 0 Å². The summed E-state index contributed by atoms with van der Waals surface area (Å²) < 4.78 is 5.30. The molecule has 1 heterocycles. The number of carbonyl (C=O) groups excluding carboxylic acids is 3. The lowest BCUT2D eigenvalue weighted by Gasteiger charge is -2.20. The van der Waals surface area contributed by atoms with E-state index >= 15 is 0 Å². The highest BCUT2D eigenvalue weighted by Crippen LogP contribution is 2.13. The summed E-state index contributed by atoms with van der Waals surface area (Å²) in [5.74, 6) is 0.151. The van der Waals surface area contributed by atoms with Crippen LogP contribution in [0.1, 0.15) is 155 Å². The predicted octanol–water partition coefficient (Wildman–Crippen LogP) is 8.20. The van der Waals surface area contributed by atoms with Gasteiger partial charge in [-0.25, -0.2) is 0 Å². The summed E-state index contributed by atoms with van der Waals surface area (Å²) in [6.07, 6.45) is 24.6. The summed E-state index contributed by atoms with van der Waals surface area (Å²) in [7, 11) is 0. The van der Waals surface area contributed by atoms with Crippen LogP contribution in [-0.4, -0.2) is 35.4 Å². The van der Waals surface area contributed by atoms with Gasteiger partial charge in [0.05, 0.1) is 0 Å². The van der Waals surface area contributed by atoms with E-state index in [0.717, 1.165) is 56.9 Å². The maximum absolute atomic E-state index is 12.8. The van der Waals surface area contributed by atoms with Gasteiger partial charge in [-0.2, -0.15) is 0 Å². The van der Waals surface area contributed by atoms with E-state index in [-0.39, 0.29) is 17.8 Å². The fraction of sp³-hybridized carbons (Fsp3) is 0.771. The highest BCUT2D eigenvalue weighted by atomic mass is 16.5. The van der Waals surface area contributed by atoms with Crippen molar-refractivity contribution in [2.24, 2.45) is 5.92 Å². The van der Waals surface area contributed by atoms with Crippen LogP contribution in [0.2, 0.25) is 0 Å². The van der Waals surface area contributed by atoms with Crippen LogP contribution < -0.4 is 10.6 Å². The molecule has 2 N–H and O–H groups in total. The van der Waals surface area contributed by atoms with Crippen molar-refractivity contribution < 1.29 is 19.1 Å². The Morgan fingerprint density at radius 3 is 1.83 bits per heavy atom. The molecule has 0 aliphatic heterocycles. The summed E-state index contributed by atoms with van der Waals surface area (Å²) in [5.41, 5.74) is 0.958. The Bertz CT molecular complexity index is 816. The Hall–Kier alpha value is -2.44. The number of aromatic nitrogens is 1. The molecule has 42 heavy (non-hydrogen) atoms. The highest BCUT2D eigenvalue weighted by Gasteiger charge is 2.21. The zero-order valence-corrected chi connectivity index (χ0v) is 27.1. The molecule has 1 rings (SSSR count). The van der Waals surface area contributed by atoms with E-state index in [1.807, 2.05) is 12.1 Å². The van der Waals surface area contributed by atoms with Crippen LogP contribution in [0, 0.1) is 5.92 Å². The van der Waals surface area contributed by atoms with E-state index in [1.54, 1.807) is 12.4 Å². The molecular weight excluding hydrogens is 526 g/mol. The lowest BCUT2D eigenvalue weighted by molar-refractivity contribution is -0.145. The number of pyridine rings is 1. The smallest absolute Gasteiger partial charge is 0.306 e. The molecule has 1 aromatic heterocycles. The van der Waals surface area contributed by atoms with Crippen LogP contribution in [0.4, 0.5) is 0 Å². The van der Waals surface area contributed by atoms with Gasteiger partial charge < -0.3 is 15.4 Å². The molecule has 7 nitrogen and oxygen atoms in total. The van der Waals surface area contributed by atoms with E-state index in [0.29, 0.717) is 38.3 Å². The minimum atomic E-state index is -0.441. The van der Waals surface area contributed by atoms with Gasteiger partial charge in [-0.05, 0) is 49.3 Å². The summed E-state index contributed by atoms with van der Waals surface area (Å²) in [6, 6.07) is 3.26. The molecule has 7 heteroatoms. The third-order valence-corrected chi connectivity index (χ3v) is 7.62. The molecule has 0 saturated carbocycles. The monoisotopic (exact) mass is 587 g/mol. The molecule has 1 aromatic rings. The molecule has 0 bridgehead atoms. The van der Waals surface area contributed by atoms with Crippen molar-refractivity contribution in [3.05, 3.63) is 30.1 Å². The van der Waals surface area contributed by atoms with Gasteiger partial charge in [0.1, 0.15) is 12.6 Å². The topological polar surface area (TPSA) is 97.4 Å². The molecule has 1 atom stereocenters. The van der Waals surface area contributed by atoms with Crippen molar-refractivity contribution in [1.29, 1.82) is 0 Å². The molecular formula is C35H61N3O4. The van der Waals surface area contributed by atoms with E-state index in [9.17, 15) is 14.4 Å². The first-order chi connectivity index (χ1) is 20.4. The average molecular weight is 588 g/mol. The Kier molecular flexibility index (Phi) is 23.5. The van der Waals surface area contributed by atoms with Crippen LogP contribution in [0.15, 0.2) is 24.5 Å².